The molecule has 1 saturated heterocycles. The second-order valence-corrected chi connectivity index (χ2v) is 6.13. The molecule has 0 saturated carbocycles. The minimum atomic E-state index is 0.292. The monoisotopic (exact) mass is 242 g/mol. The summed E-state index contributed by atoms with van der Waals surface area (Å²) >= 11 is 0. The van der Waals surface area contributed by atoms with Crippen LogP contribution in [0.2, 0.25) is 0 Å². The van der Waals surface area contributed by atoms with E-state index in [9.17, 15) is 0 Å². The Kier molecular flexibility index (Phi) is 6.45. The van der Waals surface area contributed by atoms with Gasteiger partial charge in [0.25, 0.3) is 0 Å². The summed E-state index contributed by atoms with van der Waals surface area (Å²) in [4.78, 5) is 2.55. The van der Waals surface area contributed by atoms with Crippen molar-refractivity contribution in [2.75, 3.05) is 32.8 Å². The standard InChI is InChI=1S/C14H30N2O/c1-4-8-15-13(5-11-17)12-16-9-6-14(2,3)7-10-16/h13,15,17H,4-12H2,1-3H3. The molecule has 1 aliphatic heterocycles. The highest BCUT2D eigenvalue weighted by Gasteiger charge is 2.26. The number of piperidine rings is 1. The van der Waals surface area contributed by atoms with E-state index in [1.807, 2.05) is 0 Å². The molecule has 2 N–H and O–H groups in total. The third-order valence-corrected chi connectivity index (χ3v) is 3.85. The van der Waals surface area contributed by atoms with Crippen LogP contribution in [0.1, 0.15) is 46.5 Å². The highest BCUT2D eigenvalue weighted by Crippen LogP contribution is 2.29. The van der Waals surface area contributed by atoms with Gasteiger partial charge in [0.1, 0.15) is 0 Å². The largest absolute Gasteiger partial charge is 0.396 e. The van der Waals surface area contributed by atoms with Gasteiger partial charge in [0.05, 0.1) is 0 Å². The number of nitrogens with one attached hydrogen (secondary N) is 1. The van der Waals surface area contributed by atoms with E-state index in [1.165, 1.54) is 25.9 Å². The lowest BCUT2D eigenvalue weighted by atomic mass is 9.82. The van der Waals surface area contributed by atoms with Crippen LogP contribution in [0.25, 0.3) is 0 Å². The van der Waals surface area contributed by atoms with Gasteiger partial charge in [0.15, 0.2) is 0 Å². The van der Waals surface area contributed by atoms with Crippen LogP contribution in [0.3, 0.4) is 0 Å². The summed E-state index contributed by atoms with van der Waals surface area (Å²) in [7, 11) is 0. The van der Waals surface area contributed by atoms with Crippen LogP contribution < -0.4 is 5.32 Å². The van der Waals surface area contributed by atoms with Crippen molar-refractivity contribution in [3.63, 3.8) is 0 Å². The zero-order valence-corrected chi connectivity index (χ0v) is 11.8. The Morgan fingerprint density at radius 1 is 1.29 bits per heavy atom. The van der Waals surface area contributed by atoms with Crippen LogP contribution in [0, 0.1) is 5.41 Å². The smallest absolute Gasteiger partial charge is 0.0446 e. The molecule has 3 nitrogen and oxygen atoms in total. The second kappa shape index (κ2) is 7.34. The number of nitrogens with zero attached hydrogens (tertiary/aromatic N) is 1. The Morgan fingerprint density at radius 2 is 1.94 bits per heavy atom. The van der Waals surface area contributed by atoms with Gasteiger partial charge in [-0.2, -0.15) is 0 Å². The topological polar surface area (TPSA) is 35.5 Å². The van der Waals surface area contributed by atoms with E-state index in [4.69, 9.17) is 5.11 Å². The van der Waals surface area contributed by atoms with Gasteiger partial charge in [0, 0.05) is 19.2 Å². The summed E-state index contributed by atoms with van der Waals surface area (Å²) in [6.07, 6.45) is 4.63. The average molecular weight is 242 g/mol. The number of hydrogen-bond acceptors (Lipinski definition) is 3. The maximum Gasteiger partial charge on any atom is 0.0446 e. The summed E-state index contributed by atoms with van der Waals surface area (Å²) in [6, 6.07) is 0.459. The normalized spacial score (nSPS) is 22.6. The zero-order valence-electron chi connectivity index (χ0n) is 11.8. The molecule has 0 aromatic heterocycles. The van der Waals surface area contributed by atoms with E-state index < -0.39 is 0 Å². The fourth-order valence-corrected chi connectivity index (χ4v) is 2.41. The average Bonchev–Trinajstić information content (AvgIpc) is 2.29. The highest BCUT2D eigenvalue weighted by atomic mass is 16.3. The van der Waals surface area contributed by atoms with Gasteiger partial charge in [-0.05, 0) is 50.7 Å². The molecular weight excluding hydrogens is 212 g/mol. The second-order valence-electron chi connectivity index (χ2n) is 6.13. The highest BCUT2D eigenvalue weighted by molar-refractivity contribution is 4.81. The van der Waals surface area contributed by atoms with Crippen LogP contribution in [0.4, 0.5) is 0 Å². The maximum atomic E-state index is 9.09. The number of rotatable bonds is 7. The Morgan fingerprint density at radius 3 is 2.47 bits per heavy atom. The minimum Gasteiger partial charge on any atom is -0.396 e. The third kappa shape index (κ3) is 5.84. The number of hydrogen-bond donors (Lipinski definition) is 2. The van der Waals surface area contributed by atoms with E-state index in [1.54, 1.807) is 0 Å². The molecule has 0 radical (unpaired) electrons. The van der Waals surface area contributed by atoms with Gasteiger partial charge in [-0.15, -0.1) is 0 Å². The van der Waals surface area contributed by atoms with Crippen molar-refractivity contribution in [3.8, 4) is 0 Å². The quantitative estimate of drug-likeness (QED) is 0.715. The van der Waals surface area contributed by atoms with Gasteiger partial charge < -0.3 is 15.3 Å². The summed E-state index contributed by atoms with van der Waals surface area (Å²) in [5, 5.41) is 12.6. The van der Waals surface area contributed by atoms with Crippen molar-refractivity contribution in [1.82, 2.24) is 10.2 Å². The van der Waals surface area contributed by atoms with E-state index in [0.29, 0.717) is 18.1 Å². The van der Waals surface area contributed by atoms with E-state index in [0.717, 1.165) is 25.9 Å². The Hall–Kier alpha value is -0.120. The number of aliphatic hydroxyl groups excluding tert-OH is 1. The number of likely N-dealkylation sites (tertiary alicyclic amines) is 1. The van der Waals surface area contributed by atoms with Crippen molar-refractivity contribution < 1.29 is 5.11 Å². The molecule has 17 heavy (non-hydrogen) atoms. The molecular formula is C14H30N2O. The van der Waals surface area contributed by atoms with Crippen molar-refractivity contribution in [2.45, 2.75) is 52.5 Å². The first-order chi connectivity index (χ1) is 8.07. The summed E-state index contributed by atoms with van der Waals surface area (Å²) in [6.45, 7) is 11.8. The van der Waals surface area contributed by atoms with Gasteiger partial charge >= 0.3 is 0 Å². The molecule has 1 fully saturated rings. The predicted octanol–water partition coefficient (Wildman–Crippen LogP) is 1.86. The maximum absolute atomic E-state index is 9.09. The summed E-state index contributed by atoms with van der Waals surface area (Å²) in [5.74, 6) is 0. The molecule has 1 unspecified atom stereocenters. The molecule has 0 aromatic carbocycles. The first kappa shape index (κ1) is 14.9. The molecule has 1 heterocycles. The van der Waals surface area contributed by atoms with E-state index in [2.05, 4.69) is 31.0 Å². The summed E-state index contributed by atoms with van der Waals surface area (Å²) in [5.41, 5.74) is 0.528. The summed E-state index contributed by atoms with van der Waals surface area (Å²) < 4.78 is 0. The Bertz CT molecular complexity index is 196. The van der Waals surface area contributed by atoms with Crippen LogP contribution in [-0.4, -0.2) is 48.8 Å². The molecule has 1 rings (SSSR count). The molecule has 0 aromatic rings. The lowest BCUT2D eigenvalue weighted by Gasteiger charge is -2.38. The van der Waals surface area contributed by atoms with Gasteiger partial charge in [-0.1, -0.05) is 20.8 Å². The van der Waals surface area contributed by atoms with Gasteiger partial charge in [-0.25, -0.2) is 0 Å². The fourth-order valence-electron chi connectivity index (χ4n) is 2.41. The van der Waals surface area contributed by atoms with Crippen LogP contribution in [0.15, 0.2) is 0 Å². The molecule has 0 amide bonds. The Labute approximate surface area is 107 Å². The van der Waals surface area contributed by atoms with Gasteiger partial charge in [-0.3, -0.25) is 0 Å². The molecule has 102 valence electrons. The Balaban J connectivity index is 2.29. The van der Waals surface area contributed by atoms with Gasteiger partial charge in [0.2, 0.25) is 0 Å². The van der Waals surface area contributed by atoms with Crippen LogP contribution in [-0.2, 0) is 0 Å². The van der Waals surface area contributed by atoms with Crippen molar-refractivity contribution >= 4 is 0 Å². The van der Waals surface area contributed by atoms with E-state index >= 15 is 0 Å². The molecule has 0 aliphatic carbocycles. The molecule has 0 spiro atoms. The number of aliphatic hydroxyl groups is 1. The van der Waals surface area contributed by atoms with E-state index in [-0.39, 0.29) is 0 Å². The first-order valence-electron chi connectivity index (χ1n) is 7.14. The fraction of sp³-hybridized carbons (Fsp3) is 1.00. The SMILES string of the molecule is CCCNC(CCO)CN1CCC(C)(C)CC1. The minimum absolute atomic E-state index is 0.292. The van der Waals surface area contributed by atoms with Crippen molar-refractivity contribution in [1.29, 1.82) is 0 Å². The zero-order chi connectivity index (χ0) is 12.7. The third-order valence-electron chi connectivity index (χ3n) is 3.85. The van der Waals surface area contributed by atoms with Crippen molar-refractivity contribution in [2.24, 2.45) is 5.41 Å². The first-order valence-corrected chi connectivity index (χ1v) is 7.14. The van der Waals surface area contributed by atoms with Crippen LogP contribution >= 0.6 is 0 Å². The molecule has 1 aliphatic rings. The lowest BCUT2D eigenvalue weighted by Crippen LogP contribution is -2.46. The predicted molar refractivity (Wildman–Crippen MR) is 73.2 cm³/mol. The van der Waals surface area contributed by atoms with Crippen molar-refractivity contribution in [3.05, 3.63) is 0 Å². The van der Waals surface area contributed by atoms with Crippen LogP contribution in [0.5, 0.6) is 0 Å². The molecule has 3 heteroatoms. The lowest BCUT2D eigenvalue weighted by molar-refractivity contribution is 0.117. The molecule has 1 atom stereocenters. The molecule has 0 bridgehead atoms.